The van der Waals surface area contributed by atoms with Crippen molar-refractivity contribution in [2.24, 2.45) is 0 Å². The Morgan fingerprint density at radius 2 is 1.86 bits per heavy atom. The number of carboxylic acid groups (broad SMARTS) is 1. The molecule has 0 spiro atoms. The maximum absolute atomic E-state index is 14.2. The number of aromatic carboxylic acids is 1. The van der Waals surface area contributed by atoms with Gasteiger partial charge in [-0.1, -0.05) is 18.2 Å². The van der Waals surface area contributed by atoms with Crippen molar-refractivity contribution in [1.29, 1.82) is 0 Å². The summed E-state index contributed by atoms with van der Waals surface area (Å²) in [5.41, 5.74) is -1.62. The maximum atomic E-state index is 14.2. The molecule has 2 aromatic rings. The molecular formula is C19H15F4NO4. The molecule has 1 atom stereocenters. The standard InChI is InChI=1S/C19H15F4NO4/c20-15-9-11(18(26)27)5-6-13(15)17(25)24-7-8-28-16(10-24)12-3-1-2-4-14(12)19(21,22)23/h1-6,9,16H,7-8,10H2,(H,26,27). The lowest BCUT2D eigenvalue weighted by molar-refractivity contribution is -0.140. The summed E-state index contributed by atoms with van der Waals surface area (Å²) in [5.74, 6) is -3.09. The molecule has 0 bridgehead atoms. The van der Waals surface area contributed by atoms with Crippen molar-refractivity contribution in [1.82, 2.24) is 4.90 Å². The summed E-state index contributed by atoms with van der Waals surface area (Å²) in [6.07, 6.45) is -5.60. The predicted octanol–water partition coefficient (Wildman–Crippen LogP) is 3.76. The number of carboxylic acids is 1. The van der Waals surface area contributed by atoms with Crippen LogP contribution in [0.3, 0.4) is 0 Å². The van der Waals surface area contributed by atoms with Crippen LogP contribution >= 0.6 is 0 Å². The highest BCUT2D eigenvalue weighted by molar-refractivity contribution is 5.96. The zero-order valence-corrected chi connectivity index (χ0v) is 14.4. The largest absolute Gasteiger partial charge is 0.478 e. The Balaban J connectivity index is 1.85. The van der Waals surface area contributed by atoms with Crippen molar-refractivity contribution in [3.8, 4) is 0 Å². The maximum Gasteiger partial charge on any atom is 0.416 e. The molecule has 1 heterocycles. The second-order valence-electron chi connectivity index (χ2n) is 6.20. The van der Waals surface area contributed by atoms with Crippen LogP contribution in [0.4, 0.5) is 17.6 Å². The SMILES string of the molecule is O=C(O)c1ccc(C(=O)N2CCOC(c3ccccc3C(F)(F)F)C2)c(F)c1. The number of rotatable bonds is 3. The van der Waals surface area contributed by atoms with E-state index in [2.05, 4.69) is 0 Å². The Labute approximate surface area is 157 Å². The van der Waals surface area contributed by atoms with Crippen molar-refractivity contribution < 1.29 is 37.0 Å². The van der Waals surface area contributed by atoms with Crippen LogP contribution in [0.2, 0.25) is 0 Å². The second kappa shape index (κ2) is 7.59. The third-order valence-electron chi connectivity index (χ3n) is 4.41. The first-order valence-electron chi connectivity index (χ1n) is 8.28. The average molecular weight is 397 g/mol. The van der Waals surface area contributed by atoms with Gasteiger partial charge in [0.2, 0.25) is 0 Å². The van der Waals surface area contributed by atoms with Gasteiger partial charge in [-0.3, -0.25) is 4.79 Å². The van der Waals surface area contributed by atoms with E-state index in [4.69, 9.17) is 9.84 Å². The molecule has 1 aliphatic heterocycles. The van der Waals surface area contributed by atoms with Crippen LogP contribution in [0, 0.1) is 5.82 Å². The van der Waals surface area contributed by atoms with Gasteiger partial charge in [-0.15, -0.1) is 0 Å². The highest BCUT2D eigenvalue weighted by Crippen LogP contribution is 2.36. The molecular weight excluding hydrogens is 382 g/mol. The van der Waals surface area contributed by atoms with E-state index >= 15 is 0 Å². The van der Waals surface area contributed by atoms with Crippen molar-refractivity contribution in [3.63, 3.8) is 0 Å². The predicted molar refractivity (Wildman–Crippen MR) is 89.4 cm³/mol. The molecule has 1 N–H and O–H groups in total. The van der Waals surface area contributed by atoms with Crippen LogP contribution in [-0.4, -0.2) is 41.6 Å². The molecule has 9 heteroatoms. The number of nitrogens with zero attached hydrogens (tertiary/aromatic N) is 1. The Hall–Kier alpha value is -2.94. The molecule has 0 aliphatic carbocycles. The quantitative estimate of drug-likeness (QED) is 0.801. The molecule has 2 aromatic carbocycles. The monoisotopic (exact) mass is 397 g/mol. The molecule has 1 aliphatic rings. The number of hydrogen-bond acceptors (Lipinski definition) is 3. The summed E-state index contributed by atoms with van der Waals surface area (Å²) in [6, 6.07) is 7.79. The highest BCUT2D eigenvalue weighted by Gasteiger charge is 2.37. The lowest BCUT2D eigenvalue weighted by Gasteiger charge is -2.34. The van der Waals surface area contributed by atoms with Gasteiger partial charge in [-0.2, -0.15) is 13.2 Å². The Bertz CT molecular complexity index is 913. The minimum absolute atomic E-state index is 0.0164. The van der Waals surface area contributed by atoms with Gasteiger partial charge >= 0.3 is 12.1 Å². The van der Waals surface area contributed by atoms with Gasteiger partial charge in [0.15, 0.2) is 0 Å². The number of carbonyl (C=O) groups excluding carboxylic acids is 1. The summed E-state index contributed by atoms with van der Waals surface area (Å²) in [6.45, 7) is -0.132. The van der Waals surface area contributed by atoms with Crippen molar-refractivity contribution in [3.05, 3.63) is 70.5 Å². The normalized spacial score (nSPS) is 17.4. The van der Waals surface area contributed by atoms with E-state index in [1.165, 1.54) is 23.1 Å². The topological polar surface area (TPSA) is 66.8 Å². The Morgan fingerprint density at radius 3 is 2.50 bits per heavy atom. The van der Waals surface area contributed by atoms with Gasteiger partial charge in [0, 0.05) is 6.54 Å². The number of benzene rings is 2. The van der Waals surface area contributed by atoms with Gasteiger partial charge in [-0.05, 0) is 29.8 Å². The number of ether oxygens (including phenoxy) is 1. The fourth-order valence-corrected chi connectivity index (χ4v) is 3.05. The summed E-state index contributed by atoms with van der Waals surface area (Å²) in [4.78, 5) is 24.7. The second-order valence-corrected chi connectivity index (χ2v) is 6.20. The van der Waals surface area contributed by atoms with E-state index in [0.717, 1.165) is 24.3 Å². The summed E-state index contributed by atoms with van der Waals surface area (Å²) in [5, 5.41) is 8.87. The van der Waals surface area contributed by atoms with E-state index in [1.807, 2.05) is 0 Å². The zero-order chi connectivity index (χ0) is 20.5. The molecule has 5 nitrogen and oxygen atoms in total. The molecule has 1 saturated heterocycles. The smallest absolute Gasteiger partial charge is 0.416 e. The Morgan fingerprint density at radius 1 is 1.14 bits per heavy atom. The molecule has 0 saturated carbocycles. The van der Waals surface area contributed by atoms with Crippen molar-refractivity contribution in [2.45, 2.75) is 12.3 Å². The minimum atomic E-state index is -4.58. The molecule has 3 rings (SSSR count). The van der Waals surface area contributed by atoms with Crippen LogP contribution in [-0.2, 0) is 10.9 Å². The number of alkyl halides is 3. The highest BCUT2D eigenvalue weighted by atomic mass is 19.4. The van der Waals surface area contributed by atoms with Crippen LogP contribution in [0.15, 0.2) is 42.5 Å². The minimum Gasteiger partial charge on any atom is -0.478 e. The van der Waals surface area contributed by atoms with Crippen molar-refractivity contribution in [2.75, 3.05) is 19.7 Å². The lowest BCUT2D eigenvalue weighted by atomic mass is 10.00. The number of halogens is 4. The number of morpholine rings is 1. The van der Waals surface area contributed by atoms with E-state index in [-0.39, 0.29) is 36.4 Å². The molecule has 148 valence electrons. The molecule has 1 amide bonds. The van der Waals surface area contributed by atoms with E-state index in [0.29, 0.717) is 0 Å². The first-order chi connectivity index (χ1) is 13.2. The lowest BCUT2D eigenvalue weighted by Crippen LogP contribution is -2.43. The fraction of sp³-hybridized carbons (Fsp3) is 0.263. The summed E-state index contributed by atoms with van der Waals surface area (Å²) in [7, 11) is 0. The van der Waals surface area contributed by atoms with Gasteiger partial charge in [-0.25, -0.2) is 9.18 Å². The van der Waals surface area contributed by atoms with Gasteiger partial charge in [0.25, 0.3) is 5.91 Å². The van der Waals surface area contributed by atoms with E-state index in [9.17, 15) is 27.2 Å². The van der Waals surface area contributed by atoms with Crippen LogP contribution < -0.4 is 0 Å². The van der Waals surface area contributed by atoms with Crippen LogP contribution in [0.25, 0.3) is 0 Å². The molecule has 0 aromatic heterocycles. The average Bonchev–Trinajstić information content (AvgIpc) is 2.66. The third-order valence-corrected chi connectivity index (χ3v) is 4.41. The molecule has 28 heavy (non-hydrogen) atoms. The first-order valence-corrected chi connectivity index (χ1v) is 8.28. The number of hydrogen-bond donors (Lipinski definition) is 1. The number of carbonyl (C=O) groups is 2. The summed E-state index contributed by atoms with van der Waals surface area (Å²) < 4.78 is 59.3. The molecule has 1 unspecified atom stereocenters. The third kappa shape index (κ3) is 3.99. The van der Waals surface area contributed by atoms with Crippen LogP contribution in [0.1, 0.15) is 37.9 Å². The van der Waals surface area contributed by atoms with Gasteiger partial charge in [0.1, 0.15) is 11.9 Å². The fourth-order valence-electron chi connectivity index (χ4n) is 3.05. The summed E-state index contributed by atoms with van der Waals surface area (Å²) >= 11 is 0. The zero-order valence-electron chi connectivity index (χ0n) is 14.4. The van der Waals surface area contributed by atoms with Gasteiger partial charge < -0.3 is 14.7 Å². The van der Waals surface area contributed by atoms with E-state index < -0.39 is 35.5 Å². The molecule has 0 radical (unpaired) electrons. The molecule has 1 fully saturated rings. The Kier molecular flexibility index (Phi) is 5.37. The van der Waals surface area contributed by atoms with Gasteiger partial charge in [0.05, 0.1) is 29.8 Å². The van der Waals surface area contributed by atoms with E-state index in [1.54, 1.807) is 0 Å². The van der Waals surface area contributed by atoms with Crippen LogP contribution in [0.5, 0.6) is 0 Å². The number of amides is 1. The first kappa shape index (κ1) is 19.8. The van der Waals surface area contributed by atoms with Crippen molar-refractivity contribution >= 4 is 11.9 Å².